The van der Waals surface area contributed by atoms with Crippen LogP contribution in [-0.4, -0.2) is 11.9 Å². The monoisotopic (exact) mass is 410 g/mol. The highest BCUT2D eigenvalue weighted by Gasteiger charge is 2.35. The Morgan fingerprint density at radius 3 is 2.65 bits per heavy atom. The minimum atomic E-state index is 0.0701. The Hall–Kier alpha value is -2.07. The van der Waals surface area contributed by atoms with Crippen LogP contribution in [0.15, 0.2) is 64.1 Å². The van der Waals surface area contributed by atoms with Crippen molar-refractivity contribution in [3.05, 3.63) is 75.3 Å². The summed E-state index contributed by atoms with van der Waals surface area (Å²) in [6, 6.07) is 17.0. The standard InChI is InChI=1S/C22H23BrN2O/c1-15-11-12-17(14-20(15)23)25-21(13-16-7-3-2-4-8-16)18-9-5-6-10-19(18)22(26)24-25/h2-4,7-8,11-12,14,21H,5-6,9-10,13H2,1H3,(H,24,26). The minimum absolute atomic E-state index is 0.0701. The number of hydrazine groups is 1. The van der Waals surface area contributed by atoms with Gasteiger partial charge in [0.25, 0.3) is 5.91 Å². The Balaban J connectivity index is 1.76. The van der Waals surface area contributed by atoms with E-state index in [9.17, 15) is 4.79 Å². The van der Waals surface area contributed by atoms with Crippen molar-refractivity contribution in [3.8, 4) is 0 Å². The van der Waals surface area contributed by atoms with Gasteiger partial charge in [0.2, 0.25) is 0 Å². The van der Waals surface area contributed by atoms with E-state index >= 15 is 0 Å². The molecule has 1 unspecified atom stereocenters. The third-order valence-corrected chi connectivity index (χ3v) is 6.28. The van der Waals surface area contributed by atoms with E-state index < -0.39 is 0 Å². The molecule has 0 radical (unpaired) electrons. The van der Waals surface area contributed by atoms with Gasteiger partial charge in [0.05, 0.1) is 11.7 Å². The van der Waals surface area contributed by atoms with Gasteiger partial charge in [0.15, 0.2) is 0 Å². The van der Waals surface area contributed by atoms with E-state index in [-0.39, 0.29) is 11.9 Å². The summed E-state index contributed by atoms with van der Waals surface area (Å²) >= 11 is 3.63. The lowest BCUT2D eigenvalue weighted by atomic mass is 9.83. The van der Waals surface area contributed by atoms with E-state index in [1.165, 1.54) is 23.1 Å². The molecule has 0 aromatic heterocycles. The molecular formula is C22H23BrN2O. The number of hydrogen-bond donors (Lipinski definition) is 1. The number of rotatable bonds is 3. The van der Waals surface area contributed by atoms with Crippen LogP contribution < -0.4 is 10.4 Å². The third kappa shape index (κ3) is 3.30. The molecule has 26 heavy (non-hydrogen) atoms. The second-order valence-electron chi connectivity index (χ2n) is 7.16. The quantitative estimate of drug-likeness (QED) is 0.763. The van der Waals surface area contributed by atoms with E-state index in [0.717, 1.165) is 41.4 Å². The van der Waals surface area contributed by atoms with Gasteiger partial charge in [-0.05, 0) is 67.9 Å². The molecule has 0 saturated carbocycles. The smallest absolute Gasteiger partial charge is 0.265 e. The summed E-state index contributed by atoms with van der Waals surface area (Å²) in [5.74, 6) is 0.0701. The number of aryl methyl sites for hydroxylation is 1. The number of amides is 1. The van der Waals surface area contributed by atoms with Crippen molar-refractivity contribution in [3.63, 3.8) is 0 Å². The normalized spacial score (nSPS) is 20.0. The minimum Gasteiger partial charge on any atom is -0.278 e. The van der Waals surface area contributed by atoms with Crippen LogP contribution in [0.3, 0.4) is 0 Å². The molecule has 1 amide bonds. The largest absolute Gasteiger partial charge is 0.278 e. The van der Waals surface area contributed by atoms with Crippen LogP contribution in [0.25, 0.3) is 0 Å². The van der Waals surface area contributed by atoms with Crippen LogP contribution in [0.2, 0.25) is 0 Å². The summed E-state index contributed by atoms with van der Waals surface area (Å²) in [5, 5.41) is 2.07. The van der Waals surface area contributed by atoms with Gasteiger partial charge in [-0.1, -0.05) is 52.3 Å². The lowest BCUT2D eigenvalue weighted by molar-refractivity contribution is -0.118. The second kappa shape index (κ2) is 7.28. The van der Waals surface area contributed by atoms with Gasteiger partial charge in [-0.15, -0.1) is 0 Å². The summed E-state index contributed by atoms with van der Waals surface area (Å²) < 4.78 is 1.06. The third-order valence-electron chi connectivity index (χ3n) is 5.43. The van der Waals surface area contributed by atoms with Crippen LogP contribution in [0.1, 0.15) is 36.8 Å². The van der Waals surface area contributed by atoms with Crippen molar-refractivity contribution < 1.29 is 4.79 Å². The topological polar surface area (TPSA) is 32.3 Å². The molecule has 4 heteroatoms. The molecule has 2 aliphatic rings. The highest BCUT2D eigenvalue weighted by Crippen LogP contribution is 2.36. The van der Waals surface area contributed by atoms with Crippen molar-refractivity contribution in [2.75, 3.05) is 5.01 Å². The molecule has 2 aromatic carbocycles. The molecule has 0 spiro atoms. The zero-order chi connectivity index (χ0) is 18.1. The molecule has 0 saturated heterocycles. The number of carbonyl (C=O) groups is 1. The van der Waals surface area contributed by atoms with Gasteiger partial charge in [-0.3, -0.25) is 15.2 Å². The zero-order valence-corrected chi connectivity index (χ0v) is 16.6. The van der Waals surface area contributed by atoms with Crippen molar-refractivity contribution in [2.45, 2.75) is 45.1 Å². The highest BCUT2D eigenvalue weighted by atomic mass is 79.9. The first-order valence-corrected chi connectivity index (χ1v) is 10.0. The summed E-state index contributed by atoms with van der Waals surface area (Å²) in [6.45, 7) is 2.08. The molecular weight excluding hydrogens is 388 g/mol. The molecule has 2 aromatic rings. The maximum atomic E-state index is 12.7. The van der Waals surface area contributed by atoms with Crippen LogP contribution in [-0.2, 0) is 11.2 Å². The average Bonchev–Trinajstić information content (AvgIpc) is 2.67. The molecule has 1 atom stereocenters. The molecule has 0 fully saturated rings. The first-order chi connectivity index (χ1) is 12.6. The fourth-order valence-electron chi connectivity index (χ4n) is 3.99. The number of benzene rings is 2. The maximum absolute atomic E-state index is 12.7. The van der Waals surface area contributed by atoms with Gasteiger partial charge in [-0.2, -0.15) is 0 Å². The van der Waals surface area contributed by atoms with Crippen molar-refractivity contribution in [1.29, 1.82) is 0 Å². The number of carbonyl (C=O) groups excluding carboxylic acids is 1. The zero-order valence-electron chi connectivity index (χ0n) is 15.0. The molecule has 1 N–H and O–H groups in total. The molecule has 1 heterocycles. The number of hydrogen-bond acceptors (Lipinski definition) is 2. The Morgan fingerprint density at radius 1 is 1.12 bits per heavy atom. The first kappa shape index (κ1) is 17.3. The molecule has 4 rings (SSSR count). The SMILES string of the molecule is Cc1ccc(N2NC(=O)C3=C(CCCC3)C2Cc2ccccc2)cc1Br. The predicted octanol–water partition coefficient (Wildman–Crippen LogP) is 5.09. The van der Waals surface area contributed by atoms with Gasteiger partial charge in [0.1, 0.15) is 0 Å². The Labute approximate surface area is 163 Å². The lowest BCUT2D eigenvalue weighted by Gasteiger charge is -2.42. The van der Waals surface area contributed by atoms with E-state index in [0.29, 0.717) is 0 Å². The Kier molecular flexibility index (Phi) is 4.86. The second-order valence-corrected chi connectivity index (χ2v) is 8.02. The Morgan fingerprint density at radius 2 is 1.88 bits per heavy atom. The van der Waals surface area contributed by atoms with Gasteiger partial charge in [-0.25, -0.2) is 0 Å². The lowest BCUT2D eigenvalue weighted by Crippen LogP contribution is -2.55. The van der Waals surface area contributed by atoms with E-state index in [2.05, 4.69) is 75.8 Å². The van der Waals surface area contributed by atoms with Gasteiger partial charge in [0, 0.05) is 10.0 Å². The molecule has 0 bridgehead atoms. The number of halogens is 1. The number of anilines is 1. The van der Waals surface area contributed by atoms with Crippen molar-refractivity contribution >= 4 is 27.5 Å². The summed E-state index contributed by atoms with van der Waals surface area (Å²) in [5.41, 5.74) is 9.00. The van der Waals surface area contributed by atoms with Crippen LogP contribution in [0, 0.1) is 6.92 Å². The molecule has 1 aliphatic carbocycles. The molecule has 134 valence electrons. The van der Waals surface area contributed by atoms with Gasteiger partial charge >= 0.3 is 0 Å². The number of nitrogens with one attached hydrogen (secondary N) is 1. The summed E-state index contributed by atoms with van der Waals surface area (Å²) in [6.07, 6.45) is 5.09. The van der Waals surface area contributed by atoms with E-state index in [4.69, 9.17) is 0 Å². The summed E-state index contributed by atoms with van der Waals surface area (Å²) in [4.78, 5) is 12.7. The Bertz CT molecular complexity index is 860. The molecule has 1 aliphatic heterocycles. The van der Waals surface area contributed by atoms with E-state index in [1.54, 1.807) is 0 Å². The fraction of sp³-hybridized carbons (Fsp3) is 0.318. The van der Waals surface area contributed by atoms with Crippen molar-refractivity contribution in [2.24, 2.45) is 0 Å². The molecule has 3 nitrogen and oxygen atoms in total. The van der Waals surface area contributed by atoms with Crippen LogP contribution in [0.5, 0.6) is 0 Å². The highest BCUT2D eigenvalue weighted by molar-refractivity contribution is 9.10. The van der Waals surface area contributed by atoms with E-state index in [1.807, 2.05) is 6.07 Å². The fourth-order valence-corrected chi connectivity index (χ4v) is 4.36. The van der Waals surface area contributed by atoms with Crippen LogP contribution >= 0.6 is 15.9 Å². The first-order valence-electron chi connectivity index (χ1n) is 9.25. The van der Waals surface area contributed by atoms with Gasteiger partial charge < -0.3 is 0 Å². The van der Waals surface area contributed by atoms with Crippen molar-refractivity contribution in [1.82, 2.24) is 5.43 Å². The van der Waals surface area contributed by atoms with Crippen LogP contribution in [0.4, 0.5) is 5.69 Å². The number of nitrogens with zero attached hydrogens (tertiary/aromatic N) is 1. The maximum Gasteiger partial charge on any atom is 0.265 e. The summed E-state index contributed by atoms with van der Waals surface area (Å²) in [7, 11) is 0. The average molecular weight is 411 g/mol. The predicted molar refractivity (Wildman–Crippen MR) is 109 cm³/mol.